The zero-order valence-electron chi connectivity index (χ0n) is 21.0. The van der Waals surface area contributed by atoms with Crippen molar-refractivity contribution in [1.82, 2.24) is 15.6 Å². The molecule has 2 fully saturated rings. The van der Waals surface area contributed by atoms with Crippen molar-refractivity contribution in [3.05, 3.63) is 45.5 Å². The highest BCUT2D eigenvalue weighted by Crippen LogP contribution is 2.41. The fourth-order valence-corrected chi connectivity index (χ4v) is 5.63. The number of piperidine rings is 1. The standard InChI is InChI=1S/C25H27Cl3F3N5O3/c1-24(2,39-20-6-3-13(26)7-18(20)27)22(37)34-14-8-16-4-5-17(9-14)36(16)21-19(28)10-15(11-32-21)35-23(38)33-12-25(29,30)31/h3,6-7,10-11,14,16-17H,4-5,8-9,12H2,1-2H3,(H,34,37)(H2,33,35,38)/t14-,16+,17-. The maximum atomic E-state index is 13.1. The van der Waals surface area contributed by atoms with Crippen LogP contribution in [0.3, 0.4) is 0 Å². The van der Waals surface area contributed by atoms with E-state index in [1.165, 1.54) is 12.3 Å². The number of carbonyl (C=O) groups excluding carboxylic acids is 2. The predicted molar refractivity (Wildman–Crippen MR) is 144 cm³/mol. The summed E-state index contributed by atoms with van der Waals surface area (Å²) < 4.78 is 42.8. The fourth-order valence-electron chi connectivity index (χ4n) is 4.92. The summed E-state index contributed by atoms with van der Waals surface area (Å²) in [7, 11) is 0. The second-order valence-corrected chi connectivity index (χ2v) is 11.3. The molecule has 2 bridgehead atoms. The summed E-state index contributed by atoms with van der Waals surface area (Å²) in [5.41, 5.74) is -1.02. The van der Waals surface area contributed by atoms with Gasteiger partial charge in [0.05, 0.1) is 21.9 Å². The molecular weight excluding hydrogens is 582 g/mol. The van der Waals surface area contributed by atoms with Gasteiger partial charge in [-0.1, -0.05) is 34.8 Å². The molecule has 3 N–H and O–H groups in total. The molecule has 3 heterocycles. The monoisotopic (exact) mass is 607 g/mol. The van der Waals surface area contributed by atoms with E-state index in [0.29, 0.717) is 34.5 Å². The van der Waals surface area contributed by atoms with Crippen LogP contribution in [0.15, 0.2) is 30.5 Å². The molecule has 0 saturated carbocycles. The fraction of sp³-hybridized carbons (Fsp3) is 0.480. The molecule has 14 heteroatoms. The zero-order valence-corrected chi connectivity index (χ0v) is 23.3. The van der Waals surface area contributed by atoms with Crippen LogP contribution in [0, 0.1) is 0 Å². The molecule has 212 valence electrons. The molecule has 1 aromatic carbocycles. The van der Waals surface area contributed by atoms with E-state index in [9.17, 15) is 22.8 Å². The van der Waals surface area contributed by atoms with E-state index >= 15 is 0 Å². The summed E-state index contributed by atoms with van der Waals surface area (Å²) in [6.07, 6.45) is -0.0707. The van der Waals surface area contributed by atoms with Gasteiger partial charge in [0.2, 0.25) is 0 Å². The van der Waals surface area contributed by atoms with Gasteiger partial charge in [0.25, 0.3) is 5.91 Å². The second-order valence-electron chi connectivity index (χ2n) is 10.1. The lowest BCUT2D eigenvalue weighted by Gasteiger charge is -2.41. The van der Waals surface area contributed by atoms with Crippen molar-refractivity contribution in [2.24, 2.45) is 0 Å². The van der Waals surface area contributed by atoms with Gasteiger partial charge in [0, 0.05) is 23.1 Å². The highest BCUT2D eigenvalue weighted by Gasteiger charge is 2.44. The smallest absolute Gasteiger partial charge is 0.405 e. The Kier molecular flexibility index (Phi) is 8.63. The second kappa shape index (κ2) is 11.5. The number of urea groups is 1. The van der Waals surface area contributed by atoms with Gasteiger partial charge in [-0.3, -0.25) is 4.79 Å². The van der Waals surface area contributed by atoms with Crippen LogP contribution in [0.25, 0.3) is 0 Å². The number of alkyl halides is 3. The molecule has 4 rings (SSSR count). The molecule has 0 radical (unpaired) electrons. The van der Waals surface area contributed by atoms with E-state index in [0.717, 1.165) is 12.8 Å². The van der Waals surface area contributed by atoms with Gasteiger partial charge < -0.3 is 25.6 Å². The van der Waals surface area contributed by atoms with E-state index < -0.39 is 24.4 Å². The van der Waals surface area contributed by atoms with Gasteiger partial charge in [-0.05, 0) is 63.8 Å². The minimum Gasteiger partial charge on any atom is -0.476 e. The molecule has 8 nitrogen and oxygen atoms in total. The number of hydrogen-bond donors (Lipinski definition) is 3. The number of fused-ring (bicyclic) bond motifs is 2. The minimum atomic E-state index is -4.52. The van der Waals surface area contributed by atoms with Gasteiger partial charge in [-0.25, -0.2) is 9.78 Å². The van der Waals surface area contributed by atoms with Gasteiger partial charge in [0.1, 0.15) is 18.1 Å². The first-order chi connectivity index (χ1) is 18.2. The first-order valence-corrected chi connectivity index (χ1v) is 13.4. The summed E-state index contributed by atoms with van der Waals surface area (Å²) >= 11 is 18.6. The predicted octanol–water partition coefficient (Wildman–Crippen LogP) is 6.20. The van der Waals surface area contributed by atoms with Gasteiger partial charge in [-0.15, -0.1) is 0 Å². The van der Waals surface area contributed by atoms with E-state index in [1.807, 2.05) is 0 Å². The van der Waals surface area contributed by atoms with Crippen LogP contribution in [0.1, 0.15) is 39.5 Å². The Balaban J connectivity index is 1.36. The molecule has 3 atom stereocenters. The number of benzene rings is 1. The first kappa shape index (κ1) is 29.4. The van der Waals surface area contributed by atoms with Crippen molar-refractivity contribution in [2.45, 2.75) is 69.4 Å². The highest BCUT2D eigenvalue weighted by atomic mass is 35.5. The van der Waals surface area contributed by atoms with E-state index in [2.05, 4.69) is 20.5 Å². The number of aromatic nitrogens is 1. The SMILES string of the molecule is CC(C)(Oc1ccc(Cl)cc1Cl)C(=O)N[C@H]1C[C@H]2CC[C@@H](C1)N2c1ncc(NC(=O)NCC(F)(F)F)cc1Cl. The van der Waals surface area contributed by atoms with Crippen LogP contribution in [-0.2, 0) is 4.79 Å². The van der Waals surface area contributed by atoms with Crippen LogP contribution >= 0.6 is 34.8 Å². The van der Waals surface area contributed by atoms with Crippen molar-refractivity contribution in [3.8, 4) is 5.75 Å². The molecule has 0 unspecified atom stereocenters. The Morgan fingerprint density at radius 3 is 2.33 bits per heavy atom. The van der Waals surface area contributed by atoms with Crippen LogP contribution < -0.4 is 25.6 Å². The largest absolute Gasteiger partial charge is 0.476 e. The summed E-state index contributed by atoms with van der Waals surface area (Å²) in [5, 5.41) is 8.16. The van der Waals surface area contributed by atoms with E-state index in [-0.39, 0.29) is 34.7 Å². The molecule has 2 saturated heterocycles. The molecule has 2 aromatic rings. The van der Waals surface area contributed by atoms with Crippen molar-refractivity contribution in [3.63, 3.8) is 0 Å². The first-order valence-electron chi connectivity index (χ1n) is 12.2. The Morgan fingerprint density at radius 2 is 1.74 bits per heavy atom. The normalized spacial score (nSPS) is 20.9. The summed E-state index contributed by atoms with van der Waals surface area (Å²) in [5.74, 6) is 0.602. The Bertz CT molecular complexity index is 1230. The number of nitrogens with zero attached hydrogens (tertiary/aromatic N) is 2. The number of halogens is 6. The number of carbonyl (C=O) groups is 2. The maximum absolute atomic E-state index is 13.1. The number of nitrogens with one attached hydrogen (secondary N) is 3. The number of amides is 3. The van der Waals surface area contributed by atoms with Crippen LogP contribution in [0.2, 0.25) is 15.1 Å². The van der Waals surface area contributed by atoms with Crippen LogP contribution in [0.4, 0.5) is 29.5 Å². The van der Waals surface area contributed by atoms with Crippen LogP contribution in [0.5, 0.6) is 5.75 Å². The van der Waals surface area contributed by atoms with Crippen molar-refractivity contribution in [1.29, 1.82) is 0 Å². The topological polar surface area (TPSA) is 95.6 Å². The average molecular weight is 609 g/mol. The Labute approximate surface area is 238 Å². The molecule has 0 spiro atoms. The lowest BCUT2D eigenvalue weighted by atomic mass is 9.96. The maximum Gasteiger partial charge on any atom is 0.405 e. The van der Waals surface area contributed by atoms with Crippen molar-refractivity contribution >= 4 is 58.2 Å². The molecule has 39 heavy (non-hydrogen) atoms. The molecule has 3 amide bonds. The third-order valence-electron chi connectivity index (χ3n) is 6.65. The molecule has 2 aliphatic heterocycles. The molecule has 2 aliphatic rings. The summed E-state index contributed by atoms with van der Waals surface area (Å²) in [4.78, 5) is 31.4. The van der Waals surface area contributed by atoms with Crippen LogP contribution in [-0.4, -0.2) is 53.4 Å². The lowest BCUT2D eigenvalue weighted by molar-refractivity contribution is -0.135. The van der Waals surface area contributed by atoms with Gasteiger partial charge in [-0.2, -0.15) is 13.2 Å². The minimum absolute atomic E-state index is 0.0719. The van der Waals surface area contributed by atoms with E-state index in [4.69, 9.17) is 39.5 Å². The highest BCUT2D eigenvalue weighted by molar-refractivity contribution is 6.35. The third-order valence-corrected chi connectivity index (χ3v) is 7.46. The summed E-state index contributed by atoms with van der Waals surface area (Å²) in [6, 6.07) is 5.28. The van der Waals surface area contributed by atoms with Crippen molar-refractivity contribution < 1.29 is 27.5 Å². The zero-order chi connectivity index (χ0) is 28.5. The quantitative estimate of drug-likeness (QED) is 0.348. The number of hydrogen-bond acceptors (Lipinski definition) is 5. The molecular formula is C25H27Cl3F3N5O3. The number of rotatable bonds is 7. The average Bonchev–Trinajstić information content (AvgIpc) is 3.08. The van der Waals surface area contributed by atoms with E-state index in [1.54, 1.807) is 37.4 Å². The lowest BCUT2D eigenvalue weighted by Crippen LogP contribution is -2.55. The molecule has 0 aliphatic carbocycles. The van der Waals surface area contributed by atoms with Crippen molar-refractivity contribution in [2.75, 3.05) is 16.8 Å². The molecule has 1 aromatic heterocycles. The Hall–Kier alpha value is -2.63. The third kappa shape index (κ3) is 7.32. The summed E-state index contributed by atoms with van der Waals surface area (Å²) in [6.45, 7) is 1.88. The van der Waals surface area contributed by atoms with Gasteiger partial charge in [0.15, 0.2) is 5.60 Å². The number of pyridine rings is 1. The number of anilines is 2. The van der Waals surface area contributed by atoms with Gasteiger partial charge >= 0.3 is 12.2 Å². The number of ether oxygens (including phenoxy) is 1. The Morgan fingerprint density at radius 1 is 1.08 bits per heavy atom.